The van der Waals surface area contributed by atoms with Gasteiger partial charge in [0.25, 0.3) is 0 Å². The van der Waals surface area contributed by atoms with Crippen molar-refractivity contribution in [2.24, 2.45) is 12.5 Å². The molecule has 0 saturated carbocycles. The van der Waals surface area contributed by atoms with E-state index in [9.17, 15) is 0 Å². The Bertz CT molecular complexity index is 407. The molecule has 0 aromatic carbocycles. The number of piperidine rings is 1. The molecular formula is C13H20N4. The van der Waals surface area contributed by atoms with Gasteiger partial charge in [0.1, 0.15) is 0 Å². The second kappa shape index (κ2) is 4.89. The first-order chi connectivity index (χ1) is 8.13. The Labute approximate surface area is 103 Å². The van der Waals surface area contributed by atoms with E-state index >= 15 is 0 Å². The van der Waals surface area contributed by atoms with Crippen LogP contribution in [0.1, 0.15) is 25.5 Å². The summed E-state index contributed by atoms with van der Waals surface area (Å²) in [5.74, 6) is 0. The molecule has 1 saturated heterocycles. The van der Waals surface area contributed by atoms with Gasteiger partial charge in [-0.1, -0.05) is 0 Å². The van der Waals surface area contributed by atoms with Crippen molar-refractivity contribution in [2.75, 3.05) is 19.6 Å². The molecule has 0 atom stereocenters. The molecule has 0 N–H and O–H groups in total. The van der Waals surface area contributed by atoms with Crippen molar-refractivity contribution < 1.29 is 0 Å². The topological polar surface area (TPSA) is 44.9 Å². The average molecular weight is 232 g/mol. The third-order valence-corrected chi connectivity index (χ3v) is 3.84. The highest BCUT2D eigenvalue weighted by molar-refractivity contribution is 5.02. The zero-order valence-corrected chi connectivity index (χ0v) is 10.7. The van der Waals surface area contributed by atoms with Crippen molar-refractivity contribution in [1.29, 1.82) is 5.26 Å². The highest BCUT2D eigenvalue weighted by atomic mass is 15.3. The highest BCUT2D eigenvalue weighted by Crippen LogP contribution is 2.29. The zero-order valence-electron chi connectivity index (χ0n) is 10.7. The van der Waals surface area contributed by atoms with Gasteiger partial charge in [0, 0.05) is 31.9 Å². The van der Waals surface area contributed by atoms with Gasteiger partial charge in [-0.2, -0.15) is 10.4 Å². The fraction of sp³-hybridized carbons (Fsp3) is 0.692. The second-order valence-electron chi connectivity index (χ2n) is 5.21. The van der Waals surface area contributed by atoms with Gasteiger partial charge in [-0.15, -0.1) is 0 Å². The van der Waals surface area contributed by atoms with E-state index in [1.165, 1.54) is 5.69 Å². The van der Waals surface area contributed by atoms with E-state index in [0.717, 1.165) is 38.9 Å². The van der Waals surface area contributed by atoms with Crippen molar-refractivity contribution in [3.05, 3.63) is 18.0 Å². The normalized spacial score (nSPS) is 20.1. The molecule has 4 heteroatoms. The predicted molar refractivity (Wildman–Crippen MR) is 66.3 cm³/mol. The fourth-order valence-electron chi connectivity index (χ4n) is 2.30. The Kier molecular flexibility index (Phi) is 3.49. The minimum atomic E-state index is -0.0942. The van der Waals surface area contributed by atoms with Crippen LogP contribution in [0.5, 0.6) is 0 Å². The number of rotatable bonds is 3. The Morgan fingerprint density at radius 2 is 2.18 bits per heavy atom. The number of hydrogen-bond acceptors (Lipinski definition) is 3. The molecule has 0 aliphatic carbocycles. The lowest BCUT2D eigenvalue weighted by Crippen LogP contribution is -2.39. The lowest BCUT2D eigenvalue weighted by atomic mass is 9.82. The molecule has 1 aliphatic rings. The van der Waals surface area contributed by atoms with E-state index in [-0.39, 0.29) is 5.41 Å². The van der Waals surface area contributed by atoms with Gasteiger partial charge in [-0.05, 0) is 38.9 Å². The lowest BCUT2D eigenvalue weighted by molar-refractivity contribution is 0.157. The summed E-state index contributed by atoms with van der Waals surface area (Å²) in [6.45, 7) is 5.23. The fourth-order valence-corrected chi connectivity index (χ4v) is 2.30. The van der Waals surface area contributed by atoms with Gasteiger partial charge in [0.2, 0.25) is 0 Å². The van der Waals surface area contributed by atoms with Crippen LogP contribution in [0, 0.1) is 16.7 Å². The molecule has 2 heterocycles. The molecule has 1 aliphatic heterocycles. The van der Waals surface area contributed by atoms with E-state index < -0.39 is 0 Å². The standard InChI is InChI=1S/C13H20N4/c1-13(11-14)5-9-17(10-6-13)8-4-12-3-7-15-16(12)2/h3,7H,4-6,8-10H2,1-2H3. The third-order valence-electron chi connectivity index (χ3n) is 3.84. The number of hydrogen-bond donors (Lipinski definition) is 0. The smallest absolute Gasteiger partial charge is 0.0687 e. The monoisotopic (exact) mass is 232 g/mol. The minimum Gasteiger partial charge on any atom is -0.303 e. The zero-order chi connectivity index (χ0) is 12.3. The summed E-state index contributed by atoms with van der Waals surface area (Å²) in [4.78, 5) is 2.45. The average Bonchev–Trinajstić information content (AvgIpc) is 2.74. The number of aryl methyl sites for hydroxylation is 1. The Hall–Kier alpha value is -1.34. The maximum Gasteiger partial charge on any atom is 0.0687 e. The van der Waals surface area contributed by atoms with Crippen LogP contribution >= 0.6 is 0 Å². The third kappa shape index (κ3) is 2.86. The molecule has 0 radical (unpaired) electrons. The van der Waals surface area contributed by atoms with Gasteiger partial charge in [-0.3, -0.25) is 4.68 Å². The van der Waals surface area contributed by atoms with Crippen LogP contribution in [-0.4, -0.2) is 34.3 Å². The van der Waals surface area contributed by atoms with Crippen molar-refractivity contribution in [2.45, 2.75) is 26.2 Å². The van der Waals surface area contributed by atoms with Crippen molar-refractivity contribution >= 4 is 0 Å². The van der Waals surface area contributed by atoms with E-state index in [0.29, 0.717) is 0 Å². The summed E-state index contributed by atoms with van der Waals surface area (Å²) in [7, 11) is 1.98. The minimum absolute atomic E-state index is 0.0942. The quantitative estimate of drug-likeness (QED) is 0.795. The molecule has 1 aromatic heterocycles. The molecule has 1 aromatic rings. The van der Waals surface area contributed by atoms with Crippen LogP contribution in [0.4, 0.5) is 0 Å². The molecule has 0 bridgehead atoms. The number of aromatic nitrogens is 2. The molecule has 0 amide bonds. The summed E-state index contributed by atoms with van der Waals surface area (Å²) in [6, 6.07) is 4.51. The van der Waals surface area contributed by atoms with Gasteiger partial charge >= 0.3 is 0 Å². The number of nitrogens with zero attached hydrogens (tertiary/aromatic N) is 4. The first kappa shape index (κ1) is 12.1. The highest BCUT2D eigenvalue weighted by Gasteiger charge is 2.29. The molecule has 0 unspecified atom stereocenters. The van der Waals surface area contributed by atoms with E-state index in [1.807, 2.05) is 17.9 Å². The van der Waals surface area contributed by atoms with Crippen LogP contribution in [0.2, 0.25) is 0 Å². The Morgan fingerprint density at radius 3 is 2.71 bits per heavy atom. The Morgan fingerprint density at radius 1 is 1.47 bits per heavy atom. The van der Waals surface area contributed by atoms with Crippen LogP contribution in [0.25, 0.3) is 0 Å². The number of likely N-dealkylation sites (tertiary alicyclic amines) is 1. The molecule has 0 spiro atoms. The van der Waals surface area contributed by atoms with E-state index in [4.69, 9.17) is 5.26 Å². The predicted octanol–water partition coefficient (Wildman–Crippen LogP) is 1.59. The van der Waals surface area contributed by atoms with Gasteiger partial charge in [0.05, 0.1) is 11.5 Å². The van der Waals surface area contributed by atoms with Crippen LogP contribution in [-0.2, 0) is 13.5 Å². The molecular weight excluding hydrogens is 212 g/mol. The molecule has 2 rings (SSSR count). The van der Waals surface area contributed by atoms with E-state index in [2.05, 4.69) is 29.1 Å². The first-order valence-corrected chi connectivity index (χ1v) is 6.23. The van der Waals surface area contributed by atoms with Crippen LogP contribution in [0.15, 0.2) is 12.3 Å². The summed E-state index contributed by atoms with van der Waals surface area (Å²) < 4.78 is 1.93. The van der Waals surface area contributed by atoms with Gasteiger partial charge in [-0.25, -0.2) is 0 Å². The summed E-state index contributed by atoms with van der Waals surface area (Å²) in [5.41, 5.74) is 1.18. The van der Waals surface area contributed by atoms with E-state index in [1.54, 1.807) is 0 Å². The molecule has 4 nitrogen and oxygen atoms in total. The van der Waals surface area contributed by atoms with Crippen molar-refractivity contribution in [3.8, 4) is 6.07 Å². The molecule has 1 fully saturated rings. The molecule has 17 heavy (non-hydrogen) atoms. The molecule has 92 valence electrons. The largest absolute Gasteiger partial charge is 0.303 e. The first-order valence-electron chi connectivity index (χ1n) is 6.23. The Balaban J connectivity index is 1.80. The summed E-state index contributed by atoms with van der Waals surface area (Å²) in [6.07, 6.45) is 4.88. The van der Waals surface area contributed by atoms with Gasteiger partial charge in [0.15, 0.2) is 0 Å². The SMILES string of the molecule is Cn1nccc1CCN1CCC(C)(C#N)CC1. The lowest BCUT2D eigenvalue weighted by Gasteiger charge is -2.34. The maximum absolute atomic E-state index is 9.07. The second-order valence-corrected chi connectivity index (χ2v) is 5.21. The van der Waals surface area contributed by atoms with Crippen molar-refractivity contribution in [3.63, 3.8) is 0 Å². The van der Waals surface area contributed by atoms with Crippen molar-refractivity contribution in [1.82, 2.24) is 14.7 Å². The maximum atomic E-state index is 9.07. The summed E-state index contributed by atoms with van der Waals surface area (Å²) in [5, 5.41) is 13.2. The summed E-state index contributed by atoms with van der Waals surface area (Å²) >= 11 is 0. The van der Waals surface area contributed by atoms with Gasteiger partial charge < -0.3 is 4.90 Å². The number of nitriles is 1. The van der Waals surface area contributed by atoms with Crippen LogP contribution < -0.4 is 0 Å². The van der Waals surface area contributed by atoms with Crippen LogP contribution in [0.3, 0.4) is 0 Å².